The minimum Gasteiger partial charge on any atom is -0.462 e. The third-order valence-corrected chi connectivity index (χ3v) is 10.3. The van der Waals surface area contributed by atoms with Crippen LogP contribution in [0.5, 0.6) is 0 Å². The van der Waals surface area contributed by atoms with Crippen LogP contribution in [0, 0.1) is 34.5 Å². The molecule has 3 saturated carbocycles. The van der Waals surface area contributed by atoms with Gasteiger partial charge in [0.15, 0.2) is 0 Å². The molecule has 0 aromatic heterocycles. The quantitative estimate of drug-likeness (QED) is 0.436. The van der Waals surface area contributed by atoms with Crippen LogP contribution in [0.1, 0.15) is 91.9 Å². The number of hydrogen-bond acceptors (Lipinski definition) is 4. The molecule has 0 amide bonds. The third-order valence-electron chi connectivity index (χ3n) is 10.3. The summed E-state index contributed by atoms with van der Waals surface area (Å²) in [6, 6.07) is 0. The van der Waals surface area contributed by atoms with E-state index in [9.17, 15) is 9.59 Å². The molecule has 0 unspecified atom stereocenters. The van der Waals surface area contributed by atoms with E-state index in [0.717, 1.165) is 43.4 Å². The van der Waals surface area contributed by atoms with E-state index in [1.165, 1.54) is 39.0 Å². The minimum absolute atomic E-state index is 0.000489. The lowest BCUT2D eigenvalue weighted by Gasteiger charge is -2.59. The third kappa shape index (κ3) is 2.92. The van der Waals surface area contributed by atoms with Crippen molar-refractivity contribution in [2.45, 2.75) is 104 Å². The molecule has 0 aromatic rings. The number of cyclic esters (lactones) is 1. The summed E-state index contributed by atoms with van der Waals surface area (Å²) in [4.78, 5) is 23.4. The molecule has 1 saturated heterocycles. The van der Waals surface area contributed by atoms with Gasteiger partial charge in [0.05, 0.1) is 0 Å². The van der Waals surface area contributed by atoms with E-state index in [4.69, 9.17) is 9.47 Å². The summed E-state index contributed by atoms with van der Waals surface area (Å²) in [6.07, 6.45) is 13.3. The maximum Gasteiger partial charge on any atom is 0.306 e. The number of ether oxygens (including phenoxy) is 2. The van der Waals surface area contributed by atoms with Crippen molar-refractivity contribution < 1.29 is 19.1 Å². The molecule has 0 radical (unpaired) electrons. The van der Waals surface area contributed by atoms with Crippen molar-refractivity contribution in [2.75, 3.05) is 0 Å². The van der Waals surface area contributed by atoms with E-state index in [2.05, 4.69) is 26.8 Å². The molecule has 1 heterocycles. The average molecular weight is 415 g/mol. The van der Waals surface area contributed by atoms with Crippen LogP contribution in [-0.2, 0) is 19.1 Å². The van der Waals surface area contributed by atoms with E-state index < -0.39 is 0 Å². The SMILES string of the molecule is CC(=O)O[C@@H]1CC[C@@]2(C)C(=CC[C@@H]3[C@H]4CC[C@@H]([C@]5(C)CCC(=O)O5)[C@@]4(C)CC[C@H]32)C1. The molecule has 4 aliphatic carbocycles. The number of carbonyl (C=O) groups excluding carboxylic acids is 2. The monoisotopic (exact) mass is 414 g/mol. The molecule has 4 nitrogen and oxygen atoms in total. The van der Waals surface area contributed by atoms with E-state index in [-0.39, 0.29) is 34.5 Å². The minimum atomic E-state index is -0.255. The molecule has 1 aliphatic heterocycles. The molecule has 5 aliphatic rings. The number of carbonyl (C=O) groups is 2. The first-order chi connectivity index (χ1) is 14.2. The lowest BCUT2D eigenvalue weighted by atomic mass is 9.46. The Hall–Kier alpha value is -1.32. The van der Waals surface area contributed by atoms with Gasteiger partial charge in [-0.05, 0) is 86.9 Å². The van der Waals surface area contributed by atoms with E-state index in [1.807, 2.05) is 0 Å². The zero-order valence-corrected chi connectivity index (χ0v) is 19.2. The van der Waals surface area contributed by atoms with Crippen LogP contribution in [0.15, 0.2) is 11.6 Å². The van der Waals surface area contributed by atoms with Gasteiger partial charge in [-0.25, -0.2) is 0 Å². The highest BCUT2D eigenvalue weighted by Crippen LogP contribution is 2.68. The fourth-order valence-electron chi connectivity index (χ4n) is 8.92. The van der Waals surface area contributed by atoms with Gasteiger partial charge in [-0.2, -0.15) is 0 Å². The van der Waals surface area contributed by atoms with Crippen LogP contribution in [-0.4, -0.2) is 23.6 Å². The summed E-state index contributed by atoms with van der Waals surface area (Å²) in [5.74, 6) is 2.57. The lowest BCUT2D eigenvalue weighted by Crippen LogP contribution is -2.53. The lowest BCUT2D eigenvalue weighted by molar-refractivity contribution is -0.159. The summed E-state index contributed by atoms with van der Waals surface area (Å²) in [7, 11) is 0. The van der Waals surface area contributed by atoms with Crippen molar-refractivity contribution in [3.05, 3.63) is 11.6 Å². The molecule has 4 heteroatoms. The summed E-state index contributed by atoms with van der Waals surface area (Å²) in [6.45, 7) is 8.75. The first-order valence-corrected chi connectivity index (χ1v) is 12.2. The largest absolute Gasteiger partial charge is 0.462 e. The molecular weight excluding hydrogens is 376 g/mol. The van der Waals surface area contributed by atoms with Crippen LogP contribution in [0.2, 0.25) is 0 Å². The Bertz CT molecular complexity index is 786. The van der Waals surface area contributed by atoms with Crippen LogP contribution < -0.4 is 0 Å². The Morgan fingerprint density at radius 1 is 1.07 bits per heavy atom. The zero-order valence-electron chi connectivity index (χ0n) is 19.2. The molecule has 8 atom stereocenters. The van der Waals surface area contributed by atoms with E-state index in [0.29, 0.717) is 12.3 Å². The van der Waals surface area contributed by atoms with Crippen molar-refractivity contribution in [2.24, 2.45) is 34.5 Å². The molecule has 4 fully saturated rings. The van der Waals surface area contributed by atoms with Crippen LogP contribution in [0.4, 0.5) is 0 Å². The zero-order chi connectivity index (χ0) is 21.3. The molecule has 166 valence electrons. The van der Waals surface area contributed by atoms with Gasteiger partial charge in [-0.15, -0.1) is 0 Å². The van der Waals surface area contributed by atoms with Crippen molar-refractivity contribution in [3.8, 4) is 0 Å². The van der Waals surface area contributed by atoms with Gasteiger partial charge in [0, 0.05) is 25.7 Å². The van der Waals surface area contributed by atoms with Crippen molar-refractivity contribution in [1.82, 2.24) is 0 Å². The van der Waals surface area contributed by atoms with Crippen LogP contribution in [0.3, 0.4) is 0 Å². The fourth-order valence-corrected chi connectivity index (χ4v) is 8.92. The maximum atomic E-state index is 11.9. The summed E-state index contributed by atoms with van der Waals surface area (Å²) in [5, 5.41) is 0. The molecule has 0 bridgehead atoms. The highest BCUT2D eigenvalue weighted by Gasteiger charge is 2.63. The highest BCUT2D eigenvalue weighted by atomic mass is 16.6. The normalized spacial score (nSPS) is 50.1. The van der Waals surface area contributed by atoms with Gasteiger partial charge >= 0.3 is 11.9 Å². The number of esters is 2. The van der Waals surface area contributed by atoms with Crippen LogP contribution >= 0.6 is 0 Å². The van der Waals surface area contributed by atoms with Gasteiger partial charge in [0.1, 0.15) is 11.7 Å². The average Bonchev–Trinajstić information content (AvgIpc) is 3.21. The van der Waals surface area contributed by atoms with Gasteiger partial charge in [-0.3, -0.25) is 9.59 Å². The highest BCUT2D eigenvalue weighted by molar-refractivity contribution is 5.72. The first kappa shape index (κ1) is 20.6. The second kappa shape index (κ2) is 6.84. The van der Waals surface area contributed by atoms with Gasteiger partial charge in [0.2, 0.25) is 0 Å². The Morgan fingerprint density at radius 2 is 1.87 bits per heavy atom. The summed E-state index contributed by atoms with van der Waals surface area (Å²) in [5.41, 5.74) is 1.85. The van der Waals surface area contributed by atoms with Gasteiger partial charge in [-0.1, -0.05) is 25.5 Å². The van der Waals surface area contributed by atoms with Gasteiger partial charge in [0.25, 0.3) is 0 Å². The fraction of sp³-hybridized carbons (Fsp3) is 0.846. The Morgan fingerprint density at radius 3 is 2.57 bits per heavy atom. The summed E-state index contributed by atoms with van der Waals surface area (Å²) >= 11 is 0. The topological polar surface area (TPSA) is 52.6 Å². The molecule has 0 spiro atoms. The summed E-state index contributed by atoms with van der Waals surface area (Å²) < 4.78 is 11.5. The van der Waals surface area contributed by atoms with Gasteiger partial charge < -0.3 is 9.47 Å². The number of rotatable bonds is 2. The Balaban J connectivity index is 1.39. The standard InChI is InChI=1S/C26H38O4/c1-16(27)29-18-9-12-24(2)17(15-18)5-6-19-20-7-8-22(25(20,3)13-10-21(19)24)26(4)14-11-23(28)30-26/h5,18-22H,6-15H2,1-4H3/t18-,19-,20-,21-,22-,24+,25+,26+/m1/s1. The van der Waals surface area contributed by atoms with Crippen molar-refractivity contribution in [1.29, 1.82) is 0 Å². The number of allylic oxidation sites excluding steroid dienone is 1. The number of fused-ring (bicyclic) bond motifs is 5. The number of hydrogen-bond donors (Lipinski definition) is 0. The predicted molar refractivity (Wildman–Crippen MR) is 114 cm³/mol. The van der Waals surface area contributed by atoms with E-state index in [1.54, 1.807) is 5.57 Å². The predicted octanol–water partition coefficient (Wildman–Crippen LogP) is 5.59. The van der Waals surface area contributed by atoms with Crippen molar-refractivity contribution >= 4 is 11.9 Å². The Kier molecular flexibility index (Phi) is 4.69. The first-order valence-electron chi connectivity index (χ1n) is 12.2. The molecule has 5 rings (SSSR count). The van der Waals surface area contributed by atoms with Crippen LogP contribution in [0.25, 0.3) is 0 Å². The molecular formula is C26H38O4. The second-order valence-corrected chi connectivity index (χ2v) is 11.7. The molecule has 0 aromatic carbocycles. The Labute approximate surface area is 181 Å². The second-order valence-electron chi connectivity index (χ2n) is 11.7. The molecule has 30 heavy (non-hydrogen) atoms. The maximum absolute atomic E-state index is 11.9. The smallest absolute Gasteiger partial charge is 0.306 e. The molecule has 0 N–H and O–H groups in total. The van der Waals surface area contributed by atoms with Crippen molar-refractivity contribution in [3.63, 3.8) is 0 Å². The van der Waals surface area contributed by atoms with E-state index >= 15 is 0 Å².